The molecule has 0 amide bonds. The molecule has 0 spiro atoms. The SMILES string of the molecule is Cc1ccc(-c2cc(Cl)c(=O)[nH]n2)s1. The predicted octanol–water partition coefficient (Wildman–Crippen LogP) is 2.46. The summed E-state index contributed by atoms with van der Waals surface area (Å²) in [5.74, 6) is 0. The zero-order valence-corrected chi connectivity index (χ0v) is 8.95. The third-order valence-corrected chi connectivity index (χ3v) is 3.06. The van der Waals surface area contributed by atoms with Gasteiger partial charge < -0.3 is 0 Å². The van der Waals surface area contributed by atoms with E-state index in [1.807, 2.05) is 19.1 Å². The molecule has 0 aromatic carbocycles. The van der Waals surface area contributed by atoms with E-state index in [-0.39, 0.29) is 10.6 Å². The number of aromatic nitrogens is 2. The first-order chi connectivity index (χ1) is 6.66. The molecular formula is C9H7ClN2OS. The topological polar surface area (TPSA) is 45.8 Å². The summed E-state index contributed by atoms with van der Waals surface area (Å²) in [4.78, 5) is 13.2. The maximum absolute atomic E-state index is 11.0. The van der Waals surface area contributed by atoms with E-state index in [0.717, 1.165) is 4.88 Å². The van der Waals surface area contributed by atoms with E-state index in [4.69, 9.17) is 11.6 Å². The first kappa shape index (κ1) is 9.43. The Bertz CT molecular complexity index is 518. The van der Waals surface area contributed by atoms with Crippen molar-refractivity contribution >= 4 is 22.9 Å². The van der Waals surface area contributed by atoms with Crippen molar-refractivity contribution in [3.05, 3.63) is 38.5 Å². The number of aryl methyl sites for hydroxylation is 1. The molecule has 0 saturated carbocycles. The van der Waals surface area contributed by atoms with Crippen LogP contribution in [0.2, 0.25) is 5.02 Å². The van der Waals surface area contributed by atoms with Crippen molar-refractivity contribution in [1.82, 2.24) is 10.2 Å². The minimum Gasteiger partial charge on any atom is -0.266 e. The quantitative estimate of drug-likeness (QED) is 0.812. The highest BCUT2D eigenvalue weighted by molar-refractivity contribution is 7.15. The van der Waals surface area contributed by atoms with Crippen LogP contribution in [-0.4, -0.2) is 10.2 Å². The summed E-state index contributed by atoms with van der Waals surface area (Å²) in [6.07, 6.45) is 0. The van der Waals surface area contributed by atoms with Crippen LogP contribution in [0.25, 0.3) is 10.6 Å². The van der Waals surface area contributed by atoms with Crippen LogP contribution in [0.4, 0.5) is 0 Å². The minimum atomic E-state index is -0.358. The van der Waals surface area contributed by atoms with Gasteiger partial charge in [0.2, 0.25) is 0 Å². The maximum atomic E-state index is 11.0. The molecule has 2 aromatic rings. The van der Waals surface area contributed by atoms with Gasteiger partial charge in [-0.2, -0.15) is 5.10 Å². The van der Waals surface area contributed by atoms with Gasteiger partial charge >= 0.3 is 0 Å². The zero-order valence-electron chi connectivity index (χ0n) is 7.37. The van der Waals surface area contributed by atoms with Crippen molar-refractivity contribution in [3.63, 3.8) is 0 Å². The third-order valence-electron chi connectivity index (χ3n) is 1.75. The Kier molecular flexibility index (Phi) is 2.39. The van der Waals surface area contributed by atoms with Crippen LogP contribution in [-0.2, 0) is 0 Å². The number of nitrogens with zero attached hydrogens (tertiary/aromatic N) is 1. The predicted molar refractivity (Wildman–Crippen MR) is 57.9 cm³/mol. The van der Waals surface area contributed by atoms with Gasteiger partial charge in [-0.1, -0.05) is 11.6 Å². The molecule has 0 fully saturated rings. The number of nitrogens with one attached hydrogen (secondary N) is 1. The maximum Gasteiger partial charge on any atom is 0.282 e. The number of H-pyrrole nitrogens is 1. The average Bonchev–Trinajstić information content (AvgIpc) is 2.57. The molecule has 0 radical (unpaired) electrons. The van der Waals surface area contributed by atoms with Crippen molar-refractivity contribution < 1.29 is 0 Å². The zero-order chi connectivity index (χ0) is 10.1. The summed E-state index contributed by atoms with van der Waals surface area (Å²) in [7, 11) is 0. The van der Waals surface area contributed by atoms with Crippen LogP contribution >= 0.6 is 22.9 Å². The van der Waals surface area contributed by atoms with Crippen molar-refractivity contribution in [2.45, 2.75) is 6.92 Å². The van der Waals surface area contributed by atoms with Gasteiger partial charge in [0.15, 0.2) is 0 Å². The summed E-state index contributed by atoms with van der Waals surface area (Å²) in [6.45, 7) is 2.02. The average molecular weight is 227 g/mol. The van der Waals surface area contributed by atoms with Crippen LogP contribution in [0.5, 0.6) is 0 Å². The molecule has 0 aliphatic rings. The molecule has 72 valence electrons. The normalized spacial score (nSPS) is 10.4. The van der Waals surface area contributed by atoms with Crippen LogP contribution < -0.4 is 5.56 Å². The lowest BCUT2D eigenvalue weighted by Crippen LogP contribution is -2.08. The highest BCUT2D eigenvalue weighted by Crippen LogP contribution is 2.25. The van der Waals surface area contributed by atoms with E-state index in [1.54, 1.807) is 17.4 Å². The van der Waals surface area contributed by atoms with Gasteiger partial charge in [-0.25, -0.2) is 5.10 Å². The first-order valence-electron chi connectivity index (χ1n) is 3.99. The Labute approximate surface area is 89.4 Å². The first-order valence-corrected chi connectivity index (χ1v) is 5.18. The standard InChI is InChI=1S/C9H7ClN2OS/c1-5-2-3-8(14-5)7-4-6(10)9(13)12-11-7/h2-4H,1H3,(H,12,13). The monoisotopic (exact) mass is 226 g/mol. The van der Waals surface area contributed by atoms with Crippen molar-refractivity contribution in [2.24, 2.45) is 0 Å². The number of halogens is 1. The fourth-order valence-electron chi connectivity index (χ4n) is 1.08. The summed E-state index contributed by atoms with van der Waals surface area (Å²) in [5, 5.41) is 6.42. The summed E-state index contributed by atoms with van der Waals surface area (Å²) >= 11 is 7.30. The number of rotatable bonds is 1. The van der Waals surface area contributed by atoms with Crippen LogP contribution in [0, 0.1) is 6.92 Å². The van der Waals surface area contributed by atoms with Gasteiger partial charge in [-0.3, -0.25) is 4.79 Å². The second-order valence-corrected chi connectivity index (χ2v) is 4.54. The van der Waals surface area contributed by atoms with Crippen molar-refractivity contribution in [2.75, 3.05) is 0 Å². The molecule has 0 aliphatic heterocycles. The van der Waals surface area contributed by atoms with Gasteiger partial charge in [-0.15, -0.1) is 11.3 Å². The Morgan fingerprint density at radius 1 is 1.50 bits per heavy atom. The van der Waals surface area contributed by atoms with E-state index in [2.05, 4.69) is 10.2 Å². The highest BCUT2D eigenvalue weighted by atomic mass is 35.5. The van der Waals surface area contributed by atoms with E-state index in [1.165, 1.54) is 4.88 Å². The fourth-order valence-corrected chi connectivity index (χ4v) is 2.05. The lowest BCUT2D eigenvalue weighted by Gasteiger charge is -1.95. The summed E-state index contributed by atoms with van der Waals surface area (Å²) in [6, 6.07) is 5.53. The molecule has 14 heavy (non-hydrogen) atoms. The summed E-state index contributed by atoms with van der Waals surface area (Å²) in [5.41, 5.74) is 0.344. The Hall–Kier alpha value is -1.13. The molecule has 0 aliphatic carbocycles. The second-order valence-electron chi connectivity index (χ2n) is 2.84. The molecule has 2 heterocycles. The molecule has 1 N–H and O–H groups in total. The van der Waals surface area contributed by atoms with Gasteiger partial charge in [-0.05, 0) is 25.1 Å². The molecule has 2 rings (SSSR count). The molecule has 0 bridgehead atoms. The summed E-state index contributed by atoms with van der Waals surface area (Å²) < 4.78 is 0. The molecule has 2 aromatic heterocycles. The lowest BCUT2D eigenvalue weighted by atomic mass is 10.3. The molecule has 0 atom stereocenters. The van der Waals surface area contributed by atoms with Crippen molar-refractivity contribution in [3.8, 4) is 10.6 Å². The van der Waals surface area contributed by atoms with E-state index in [0.29, 0.717) is 5.69 Å². The molecule has 5 heteroatoms. The van der Waals surface area contributed by atoms with Crippen LogP contribution in [0.3, 0.4) is 0 Å². The molecule has 0 saturated heterocycles. The Morgan fingerprint density at radius 3 is 2.86 bits per heavy atom. The molecule has 0 unspecified atom stereocenters. The van der Waals surface area contributed by atoms with Gasteiger partial charge in [0.05, 0.1) is 4.88 Å². The van der Waals surface area contributed by atoms with E-state index >= 15 is 0 Å². The van der Waals surface area contributed by atoms with Crippen LogP contribution in [0.15, 0.2) is 23.0 Å². The molecule has 3 nitrogen and oxygen atoms in total. The molecular weight excluding hydrogens is 220 g/mol. The number of hydrogen-bond donors (Lipinski definition) is 1. The van der Waals surface area contributed by atoms with E-state index in [9.17, 15) is 4.79 Å². The highest BCUT2D eigenvalue weighted by Gasteiger charge is 2.04. The van der Waals surface area contributed by atoms with E-state index < -0.39 is 0 Å². The fraction of sp³-hybridized carbons (Fsp3) is 0.111. The van der Waals surface area contributed by atoms with Crippen LogP contribution in [0.1, 0.15) is 4.88 Å². The van der Waals surface area contributed by atoms with Crippen molar-refractivity contribution in [1.29, 1.82) is 0 Å². The Balaban J connectivity index is 2.52. The van der Waals surface area contributed by atoms with Gasteiger partial charge in [0.1, 0.15) is 10.7 Å². The minimum absolute atomic E-state index is 0.168. The van der Waals surface area contributed by atoms with Gasteiger partial charge in [0, 0.05) is 4.88 Å². The smallest absolute Gasteiger partial charge is 0.266 e. The largest absolute Gasteiger partial charge is 0.282 e. The second kappa shape index (κ2) is 3.55. The Morgan fingerprint density at radius 2 is 2.29 bits per heavy atom. The number of thiophene rings is 1. The van der Waals surface area contributed by atoms with Gasteiger partial charge in [0.25, 0.3) is 5.56 Å². The lowest BCUT2D eigenvalue weighted by molar-refractivity contribution is 0.998. The number of aromatic amines is 1. The third kappa shape index (κ3) is 1.71. The number of hydrogen-bond acceptors (Lipinski definition) is 3.